The molecule has 1 aromatic heterocycles. The Hall–Kier alpha value is -1.25. The van der Waals surface area contributed by atoms with E-state index >= 15 is 0 Å². The van der Waals surface area contributed by atoms with Crippen molar-refractivity contribution in [2.24, 2.45) is 0 Å². The maximum atomic E-state index is 5.81. The summed E-state index contributed by atoms with van der Waals surface area (Å²) in [5.41, 5.74) is 1.19. The van der Waals surface area contributed by atoms with Gasteiger partial charge in [0.15, 0.2) is 5.75 Å². The molecule has 0 aliphatic heterocycles. The fourth-order valence-electron chi connectivity index (χ4n) is 1.43. The average molecular weight is 221 g/mol. The minimum absolute atomic E-state index is 0.126. The number of rotatable bonds is 5. The van der Waals surface area contributed by atoms with E-state index in [1.807, 2.05) is 26.1 Å². The van der Waals surface area contributed by atoms with Gasteiger partial charge in [-0.2, -0.15) is 0 Å². The maximum absolute atomic E-state index is 5.81. The van der Waals surface area contributed by atoms with E-state index in [1.165, 1.54) is 5.56 Å². The molecule has 2 rings (SSSR count). The first-order valence-electron chi connectivity index (χ1n) is 6.01. The van der Waals surface area contributed by atoms with Gasteiger partial charge in [-0.3, -0.25) is 0 Å². The van der Waals surface area contributed by atoms with Gasteiger partial charge in [0.05, 0.1) is 12.2 Å². The third-order valence-electron chi connectivity index (χ3n) is 2.45. The van der Waals surface area contributed by atoms with Gasteiger partial charge >= 0.3 is 0 Å². The molecule has 1 aliphatic rings. The van der Waals surface area contributed by atoms with E-state index in [4.69, 9.17) is 9.47 Å². The van der Waals surface area contributed by atoms with Crippen molar-refractivity contribution in [3.8, 4) is 11.6 Å². The van der Waals surface area contributed by atoms with Crippen molar-refractivity contribution in [3.63, 3.8) is 0 Å². The van der Waals surface area contributed by atoms with E-state index in [2.05, 4.69) is 11.9 Å². The van der Waals surface area contributed by atoms with Crippen molar-refractivity contribution in [2.75, 3.05) is 0 Å². The van der Waals surface area contributed by atoms with E-state index in [0.717, 1.165) is 25.0 Å². The second-order valence-corrected chi connectivity index (χ2v) is 4.48. The van der Waals surface area contributed by atoms with Gasteiger partial charge in [-0.25, -0.2) is 4.98 Å². The Kier molecular flexibility index (Phi) is 3.32. The van der Waals surface area contributed by atoms with Crippen LogP contribution in [0.15, 0.2) is 12.3 Å². The van der Waals surface area contributed by atoms with Crippen LogP contribution in [0.3, 0.4) is 0 Å². The number of aromatic nitrogens is 1. The third kappa shape index (κ3) is 2.87. The van der Waals surface area contributed by atoms with Gasteiger partial charge in [-0.05, 0) is 44.7 Å². The molecule has 0 saturated heterocycles. The van der Waals surface area contributed by atoms with E-state index in [9.17, 15) is 0 Å². The molecule has 3 heteroatoms. The van der Waals surface area contributed by atoms with Crippen LogP contribution >= 0.6 is 0 Å². The molecule has 16 heavy (non-hydrogen) atoms. The Bertz CT molecular complexity index is 359. The van der Waals surface area contributed by atoms with E-state index in [1.54, 1.807) is 0 Å². The fourth-order valence-corrected chi connectivity index (χ4v) is 1.43. The summed E-state index contributed by atoms with van der Waals surface area (Å²) in [6, 6.07) is 2.04. The standard InChI is InChI=1S/C13H19NO2/c1-4-10-7-12(16-11-5-6-11)13(14-8-10)15-9(2)3/h7-9,11H,4-6H2,1-3H3. The van der Waals surface area contributed by atoms with Gasteiger partial charge in [-0.15, -0.1) is 0 Å². The molecular weight excluding hydrogens is 202 g/mol. The van der Waals surface area contributed by atoms with Crippen molar-refractivity contribution in [3.05, 3.63) is 17.8 Å². The van der Waals surface area contributed by atoms with Crippen LogP contribution in [0.25, 0.3) is 0 Å². The Morgan fingerprint density at radius 3 is 2.75 bits per heavy atom. The Labute approximate surface area is 96.8 Å². The third-order valence-corrected chi connectivity index (χ3v) is 2.45. The van der Waals surface area contributed by atoms with Crippen LogP contribution in [0.2, 0.25) is 0 Å². The number of hydrogen-bond donors (Lipinski definition) is 0. The summed E-state index contributed by atoms with van der Waals surface area (Å²) in [6.45, 7) is 6.10. The molecule has 0 aromatic carbocycles. The Balaban J connectivity index is 2.19. The summed E-state index contributed by atoms with van der Waals surface area (Å²) < 4.78 is 11.4. The SMILES string of the molecule is CCc1cnc(OC(C)C)c(OC2CC2)c1. The molecule has 3 nitrogen and oxygen atoms in total. The van der Waals surface area contributed by atoms with Crippen molar-refractivity contribution in [2.45, 2.75) is 52.2 Å². The molecule has 0 N–H and O–H groups in total. The predicted octanol–water partition coefficient (Wildman–Crippen LogP) is 2.97. The zero-order valence-corrected chi connectivity index (χ0v) is 10.2. The lowest BCUT2D eigenvalue weighted by atomic mass is 10.2. The van der Waals surface area contributed by atoms with E-state index < -0.39 is 0 Å². The van der Waals surface area contributed by atoms with Crippen molar-refractivity contribution in [1.29, 1.82) is 0 Å². The number of ether oxygens (including phenoxy) is 2. The predicted molar refractivity (Wildman–Crippen MR) is 63.0 cm³/mol. The monoisotopic (exact) mass is 221 g/mol. The highest BCUT2D eigenvalue weighted by atomic mass is 16.5. The van der Waals surface area contributed by atoms with Crippen LogP contribution in [-0.2, 0) is 6.42 Å². The van der Waals surface area contributed by atoms with E-state index in [-0.39, 0.29) is 6.10 Å². The molecule has 0 spiro atoms. The lowest BCUT2D eigenvalue weighted by Crippen LogP contribution is -2.09. The van der Waals surface area contributed by atoms with Crippen LogP contribution in [-0.4, -0.2) is 17.2 Å². The van der Waals surface area contributed by atoms with Gasteiger partial charge in [0.25, 0.3) is 5.88 Å². The topological polar surface area (TPSA) is 31.4 Å². The number of pyridine rings is 1. The lowest BCUT2D eigenvalue weighted by molar-refractivity contribution is 0.208. The molecule has 0 amide bonds. The van der Waals surface area contributed by atoms with Crippen LogP contribution in [0, 0.1) is 0 Å². The molecule has 1 aliphatic carbocycles. The number of nitrogens with zero attached hydrogens (tertiary/aromatic N) is 1. The molecule has 1 heterocycles. The zero-order chi connectivity index (χ0) is 11.5. The summed E-state index contributed by atoms with van der Waals surface area (Å²) in [4.78, 5) is 4.32. The summed E-state index contributed by atoms with van der Waals surface area (Å²) in [7, 11) is 0. The van der Waals surface area contributed by atoms with Gasteiger partial charge in [0.2, 0.25) is 0 Å². The van der Waals surface area contributed by atoms with Crippen LogP contribution in [0.5, 0.6) is 11.6 Å². The van der Waals surface area contributed by atoms with Crippen molar-refractivity contribution in [1.82, 2.24) is 4.98 Å². The van der Waals surface area contributed by atoms with Gasteiger partial charge in [-0.1, -0.05) is 6.92 Å². The maximum Gasteiger partial charge on any atom is 0.257 e. The van der Waals surface area contributed by atoms with Crippen LogP contribution in [0.4, 0.5) is 0 Å². The molecule has 88 valence electrons. The minimum atomic E-state index is 0.126. The summed E-state index contributed by atoms with van der Waals surface area (Å²) in [5, 5.41) is 0. The largest absolute Gasteiger partial charge is 0.485 e. The Morgan fingerprint density at radius 2 is 2.19 bits per heavy atom. The zero-order valence-electron chi connectivity index (χ0n) is 10.2. The second-order valence-electron chi connectivity index (χ2n) is 4.48. The highest BCUT2D eigenvalue weighted by Gasteiger charge is 2.25. The molecule has 0 unspecified atom stereocenters. The summed E-state index contributed by atoms with van der Waals surface area (Å²) in [6.07, 6.45) is 5.63. The smallest absolute Gasteiger partial charge is 0.257 e. The van der Waals surface area contributed by atoms with Crippen LogP contribution < -0.4 is 9.47 Å². The fraction of sp³-hybridized carbons (Fsp3) is 0.615. The van der Waals surface area contributed by atoms with Gasteiger partial charge in [0, 0.05) is 6.20 Å². The normalized spacial score (nSPS) is 15.2. The van der Waals surface area contributed by atoms with Crippen molar-refractivity contribution >= 4 is 0 Å². The lowest BCUT2D eigenvalue weighted by Gasteiger charge is -2.14. The highest BCUT2D eigenvalue weighted by molar-refractivity contribution is 5.37. The molecule has 0 radical (unpaired) electrons. The first-order chi connectivity index (χ1) is 7.69. The van der Waals surface area contributed by atoms with Gasteiger partial charge in [0.1, 0.15) is 0 Å². The molecule has 1 saturated carbocycles. The second kappa shape index (κ2) is 4.73. The van der Waals surface area contributed by atoms with E-state index in [0.29, 0.717) is 12.0 Å². The summed E-state index contributed by atoms with van der Waals surface area (Å²) in [5.74, 6) is 1.43. The molecular formula is C13H19NO2. The highest BCUT2D eigenvalue weighted by Crippen LogP contribution is 2.33. The molecule has 0 bridgehead atoms. The Morgan fingerprint density at radius 1 is 1.44 bits per heavy atom. The summed E-state index contributed by atoms with van der Waals surface area (Å²) >= 11 is 0. The number of aryl methyl sites for hydroxylation is 1. The average Bonchev–Trinajstić information content (AvgIpc) is 3.04. The quantitative estimate of drug-likeness (QED) is 0.766. The molecule has 1 aromatic rings. The first kappa shape index (κ1) is 11.2. The molecule has 1 fully saturated rings. The minimum Gasteiger partial charge on any atom is -0.485 e. The van der Waals surface area contributed by atoms with Crippen LogP contribution in [0.1, 0.15) is 39.2 Å². The van der Waals surface area contributed by atoms with Crippen molar-refractivity contribution < 1.29 is 9.47 Å². The number of hydrogen-bond acceptors (Lipinski definition) is 3. The molecule has 0 atom stereocenters. The van der Waals surface area contributed by atoms with Gasteiger partial charge < -0.3 is 9.47 Å². The first-order valence-corrected chi connectivity index (χ1v) is 6.01.